The van der Waals surface area contributed by atoms with Crippen LogP contribution in [-0.4, -0.2) is 0 Å². The summed E-state index contributed by atoms with van der Waals surface area (Å²) in [6.45, 7) is 10.3. The summed E-state index contributed by atoms with van der Waals surface area (Å²) in [5, 5.41) is 0. The zero-order chi connectivity index (χ0) is 8.41. The van der Waals surface area contributed by atoms with Gasteiger partial charge in [-0.25, -0.2) is 0 Å². The summed E-state index contributed by atoms with van der Waals surface area (Å²) in [6, 6.07) is 0. The normalized spacial score (nSPS) is 10.1. The zero-order valence-electron chi connectivity index (χ0n) is 7.94. The molecule has 11 heavy (non-hydrogen) atoms. The highest BCUT2D eigenvalue weighted by molar-refractivity contribution is 5.08. The summed E-state index contributed by atoms with van der Waals surface area (Å²) in [5.74, 6) is 0. The minimum atomic E-state index is 0. The van der Waals surface area contributed by atoms with Crippen molar-refractivity contribution in [2.45, 2.75) is 48.5 Å². The Labute approximate surface area is 73.0 Å². The highest BCUT2D eigenvalue weighted by Gasteiger charge is 1.75. The van der Waals surface area contributed by atoms with Crippen LogP contribution in [0.5, 0.6) is 0 Å². The van der Waals surface area contributed by atoms with Gasteiger partial charge in [-0.05, 0) is 20.3 Å². The minimum Gasteiger partial charge on any atom is -0.0877 e. The van der Waals surface area contributed by atoms with Gasteiger partial charge in [-0.15, -0.1) is 0 Å². The quantitative estimate of drug-likeness (QED) is 0.513. The predicted molar refractivity (Wildman–Crippen MR) is 56.9 cm³/mol. The third-order valence-electron chi connectivity index (χ3n) is 1.13. The number of hydrogen-bond acceptors (Lipinski definition) is 0. The minimum absolute atomic E-state index is 0. The van der Waals surface area contributed by atoms with Gasteiger partial charge in [-0.3, -0.25) is 0 Å². The molecular weight excluding hydrogens is 132 g/mol. The molecule has 0 heterocycles. The first-order valence-corrected chi connectivity index (χ1v) is 4.09. The van der Waals surface area contributed by atoms with E-state index in [0.717, 1.165) is 6.42 Å². The second-order valence-electron chi connectivity index (χ2n) is 1.89. The van der Waals surface area contributed by atoms with E-state index in [9.17, 15) is 0 Å². The van der Waals surface area contributed by atoms with Crippen molar-refractivity contribution in [3.05, 3.63) is 23.8 Å². The van der Waals surface area contributed by atoms with Crippen LogP contribution in [0, 0.1) is 0 Å². The van der Waals surface area contributed by atoms with Gasteiger partial charge in [0.1, 0.15) is 0 Å². The van der Waals surface area contributed by atoms with Gasteiger partial charge in [-0.2, -0.15) is 0 Å². The van der Waals surface area contributed by atoms with Crippen LogP contribution >= 0.6 is 0 Å². The SMILES string of the molecule is C.C/C=C\C=C(/C)CC.CC. The number of allylic oxidation sites excluding steroid dienone is 4. The van der Waals surface area contributed by atoms with Crippen molar-refractivity contribution < 1.29 is 0 Å². The van der Waals surface area contributed by atoms with Crippen LogP contribution in [0.2, 0.25) is 0 Å². The Morgan fingerprint density at radius 1 is 1.27 bits per heavy atom. The zero-order valence-corrected chi connectivity index (χ0v) is 7.94. The topological polar surface area (TPSA) is 0 Å². The third-order valence-corrected chi connectivity index (χ3v) is 1.13. The molecule has 0 fully saturated rings. The van der Waals surface area contributed by atoms with Crippen molar-refractivity contribution in [1.82, 2.24) is 0 Å². The fraction of sp³-hybridized carbons (Fsp3) is 0.636. The van der Waals surface area contributed by atoms with E-state index < -0.39 is 0 Å². The van der Waals surface area contributed by atoms with Crippen LogP contribution < -0.4 is 0 Å². The highest BCUT2D eigenvalue weighted by Crippen LogP contribution is 1.96. The molecule has 0 atom stereocenters. The van der Waals surface area contributed by atoms with Gasteiger partial charge in [0.25, 0.3) is 0 Å². The first-order valence-electron chi connectivity index (χ1n) is 4.09. The van der Waals surface area contributed by atoms with Gasteiger partial charge in [-0.1, -0.05) is 52.0 Å². The monoisotopic (exact) mass is 156 g/mol. The molecule has 0 saturated heterocycles. The second-order valence-corrected chi connectivity index (χ2v) is 1.89. The molecule has 0 amide bonds. The van der Waals surface area contributed by atoms with Crippen LogP contribution in [0.3, 0.4) is 0 Å². The fourth-order valence-corrected chi connectivity index (χ4v) is 0.378. The summed E-state index contributed by atoms with van der Waals surface area (Å²) in [5.41, 5.74) is 1.43. The van der Waals surface area contributed by atoms with Gasteiger partial charge >= 0.3 is 0 Å². The van der Waals surface area contributed by atoms with Crippen molar-refractivity contribution in [2.75, 3.05) is 0 Å². The van der Waals surface area contributed by atoms with Crippen molar-refractivity contribution in [3.8, 4) is 0 Å². The Bertz CT molecular complexity index is 96.6. The van der Waals surface area contributed by atoms with Crippen LogP contribution in [0.25, 0.3) is 0 Å². The molecule has 0 nitrogen and oxygen atoms in total. The molecule has 0 heteroatoms. The fourth-order valence-electron chi connectivity index (χ4n) is 0.378. The van der Waals surface area contributed by atoms with Crippen LogP contribution in [0.4, 0.5) is 0 Å². The Morgan fingerprint density at radius 2 is 1.73 bits per heavy atom. The lowest BCUT2D eigenvalue weighted by Crippen LogP contribution is -1.66. The molecular formula is C11H24. The average Bonchev–Trinajstić information content (AvgIpc) is 2.04. The predicted octanol–water partition coefficient (Wildman–Crippen LogP) is 4.58. The van der Waals surface area contributed by atoms with Gasteiger partial charge in [0, 0.05) is 0 Å². The maximum absolute atomic E-state index is 2.16. The van der Waals surface area contributed by atoms with Crippen LogP contribution in [-0.2, 0) is 0 Å². The van der Waals surface area contributed by atoms with Crippen molar-refractivity contribution >= 4 is 0 Å². The lowest BCUT2D eigenvalue weighted by Gasteiger charge is -1.87. The molecule has 0 aliphatic rings. The first-order chi connectivity index (χ1) is 4.81. The van der Waals surface area contributed by atoms with E-state index in [4.69, 9.17) is 0 Å². The van der Waals surface area contributed by atoms with Crippen molar-refractivity contribution in [2.24, 2.45) is 0 Å². The maximum atomic E-state index is 2.16. The smallest absolute Gasteiger partial charge is 0.0349 e. The van der Waals surface area contributed by atoms with Crippen LogP contribution in [0.15, 0.2) is 23.8 Å². The Kier molecular flexibility index (Phi) is 24.8. The largest absolute Gasteiger partial charge is 0.0877 e. The summed E-state index contributed by atoms with van der Waals surface area (Å²) in [4.78, 5) is 0. The first kappa shape index (κ1) is 16.8. The Morgan fingerprint density at radius 3 is 2.00 bits per heavy atom. The lowest BCUT2D eigenvalue weighted by atomic mass is 10.2. The van der Waals surface area contributed by atoms with Gasteiger partial charge in [0.15, 0.2) is 0 Å². The molecule has 0 aliphatic heterocycles. The molecule has 0 radical (unpaired) electrons. The van der Waals surface area contributed by atoms with E-state index in [-0.39, 0.29) is 7.43 Å². The molecule has 68 valence electrons. The third kappa shape index (κ3) is 17.7. The van der Waals surface area contributed by atoms with Crippen molar-refractivity contribution in [1.29, 1.82) is 0 Å². The molecule has 0 aromatic heterocycles. The molecule has 0 N–H and O–H groups in total. The van der Waals surface area contributed by atoms with E-state index in [1.165, 1.54) is 5.57 Å². The molecule has 0 aromatic rings. The van der Waals surface area contributed by atoms with E-state index in [0.29, 0.717) is 0 Å². The van der Waals surface area contributed by atoms with E-state index in [2.05, 4.69) is 26.0 Å². The molecule has 0 rings (SSSR count). The summed E-state index contributed by atoms with van der Waals surface area (Å²) < 4.78 is 0. The van der Waals surface area contributed by atoms with Gasteiger partial charge in [0.2, 0.25) is 0 Å². The van der Waals surface area contributed by atoms with E-state index in [1.807, 2.05) is 26.8 Å². The second kappa shape index (κ2) is 16.2. The molecule has 0 aromatic carbocycles. The Balaban J connectivity index is -0.000000196. The summed E-state index contributed by atoms with van der Waals surface area (Å²) >= 11 is 0. The van der Waals surface area contributed by atoms with Gasteiger partial charge in [0.05, 0.1) is 0 Å². The average molecular weight is 156 g/mol. The molecule has 0 saturated carbocycles. The van der Waals surface area contributed by atoms with Gasteiger partial charge < -0.3 is 0 Å². The maximum Gasteiger partial charge on any atom is -0.0349 e. The highest BCUT2D eigenvalue weighted by atomic mass is 13.8. The Hall–Kier alpha value is -0.520. The standard InChI is InChI=1S/C8H14.C2H6.CH4/c1-4-6-7-8(3)5-2;1-2;/h4,6-7H,5H2,1-3H3;1-2H3;1H4/b6-4-,8-7+;;. The molecule has 0 aliphatic carbocycles. The lowest BCUT2D eigenvalue weighted by molar-refractivity contribution is 1.10. The number of hydrogen-bond donors (Lipinski definition) is 0. The summed E-state index contributed by atoms with van der Waals surface area (Å²) in [6.07, 6.45) is 7.41. The van der Waals surface area contributed by atoms with E-state index in [1.54, 1.807) is 0 Å². The summed E-state index contributed by atoms with van der Waals surface area (Å²) in [7, 11) is 0. The van der Waals surface area contributed by atoms with Crippen LogP contribution in [0.1, 0.15) is 48.5 Å². The van der Waals surface area contributed by atoms with E-state index >= 15 is 0 Å². The molecule has 0 unspecified atom stereocenters. The molecule has 0 bridgehead atoms. The van der Waals surface area contributed by atoms with Crippen molar-refractivity contribution in [3.63, 3.8) is 0 Å². The number of rotatable bonds is 2. The molecule has 0 spiro atoms.